The predicted molar refractivity (Wildman–Crippen MR) is 34.6 cm³/mol. The fourth-order valence-corrected chi connectivity index (χ4v) is 0.584. The van der Waals surface area contributed by atoms with Crippen LogP contribution in [0, 0.1) is 0 Å². The molecular formula is C5H4N2O4. The Morgan fingerprint density at radius 1 is 1.36 bits per heavy atom. The molecule has 0 aromatic carbocycles. The third-order valence-corrected chi connectivity index (χ3v) is 0.991. The number of carboxylic acid groups (broad SMARTS) is 1. The molecule has 1 aromatic heterocycles. The molecule has 0 saturated heterocycles. The van der Waals surface area contributed by atoms with E-state index in [1.165, 1.54) is 0 Å². The molecule has 6 nitrogen and oxygen atoms in total. The van der Waals surface area contributed by atoms with Crippen LogP contribution >= 0.6 is 0 Å². The molecule has 1 rings (SSSR count). The maximum Gasteiger partial charge on any atom is 0.352 e. The van der Waals surface area contributed by atoms with Crippen molar-refractivity contribution in [2.75, 3.05) is 0 Å². The van der Waals surface area contributed by atoms with Crippen molar-refractivity contribution in [1.82, 2.24) is 9.97 Å². The second-order valence-corrected chi connectivity index (χ2v) is 1.81. The van der Waals surface area contributed by atoms with E-state index in [4.69, 9.17) is 5.11 Å². The van der Waals surface area contributed by atoms with E-state index >= 15 is 0 Å². The molecule has 1 heterocycles. The second kappa shape index (κ2) is 2.41. The number of nitrogens with one attached hydrogen (secondary N) is 2. The van der Waals surface area contributed by atoms with Crippen LogP contribution in [0.15, 0.2) is 15.7 Å². The molecular weight excluding hydrogens is 157 g/mol. The lowest BCUT2D eigenvalue weighted by Gasteiger charge is -1.89. The zero-order valence-electron chi connectivity index (χ0n) is 5.25. The molecule has 0 spiro atoms. The minimum absolute atomic E-state index is 0.418. The summed E-state index contributed by atoms with van der Waals surface area (Å²) >= 11 is 0. The van der Waals surface area contributed by atoms with E-state index in [2.05, 4.69) is 0 Å². The summed E-state index contributed by atoms with van der Waals surface area (Å²) in [6, 6.07) is 0.795. The van der Waals surface area contributed by atoms with Crippen LogP contribution in [-0.2, 0) is 0 Å². The van der Waals surface area contributed by atoms with Crippen LogP contribution in [0.5, 0.6) is 0 Å². The van der Waals surface area contributed by atoms with Crippen LogP contribution in [0.2, 0.25) is 0 Å². The van der Waals surface area contributed by atoms with Gasteiger partial charge in [-0.2, -0.15) is 0 Å². The number of rotatable bonds is 1. The molecule has 0 saturated carbocycles. The van der Waals surface area contributed by atoms with Crippen LogP contribution in [-0.4, -0.2) is 21.0 Å². The third-order valence-electron chi connectivity index (χ3n) is 0.991. The first kappa shape index (κ1) is 7.26. The van der Waals surface area contributed by atoms with Gasteiger partial charge in [0.2, 0.25) is 0 Å². The molecule has 0 fully saturated rings. The van der Waals surface area contributed by atoms with Crippen LogP contribution in [0.4, 0.5) is 0 Å². The molecule has 11 heavy (non-hydrogen) atoms. The zero-order valence-corrected chi connectivity index (χ0v) is 5.25. The first-order valence-electron chi connectivity index (χ1n) is 2.66. The van der Waals surface area contributed by atoms with Crippen molar-refractivity contribution >= 4 is 5.97 Å². The molecule has 58 valence electrons. The van der Waals surface area contributed by atoms with E-state index < -0.39 is 22.9 Å². The molecule has 6 heteroatoms. The SMILES string of the molecule is O=[13C](O)[13c]1[13cH][13c](=O)[nH][13c](=O)[nH]1. The Morgan fingerprint density at radius 3 is 2.45 bits per heavy atom. The van der Waals surface area contributed by atoms with Gasteiger partial charge in [-0.15, -0.1) is 0 Å². The Hall–Kier alpha value is -1.85. The molecule has 0 aliphatic rings. The third kappa shape index (κ3) is 1.54. The highest BCUT2D eigenvalue weighted by atomic mass is 16.5. The fourth-order valence-electron chi connectivity index (χ4n) is 0.584. The van der Waals surface area contributed by atoms with Crippen molar-refractivity contribution in [3.63, 3.8) is 0 Å². The summed E-state index contributed by atoms with van der Waals surface area (Å²) in [4.78, 5) is 34.9. The maximum atomic E-state index is 10.5. The monoisotopic (exact) mass is 161 g/mol. The number of carboxylic acids is 1. The molecule has 3 N–H and O–H groups in total. The second-order valence-electron chi connectivity index (χ2n) is 1.81. The maximum absolute atomic E-state index is 10.5. The van der Waals surface area contributed by atoms with Gasteiger partial charge in [0, 0.05) is 6.07 Å². The molecule has 0 aliphatic carbocycles. The lowest BCUT2D eigenvalue weighted by molar-refractivity contribution is 0.0689. The smallest absolute Gasteiger partial charge is 0.352 e. The van der Waals surface area contributed by atoms with Gasteiger partial charge in [-0.25, -0.2) is 9.59 Å². The van der Waals surface area contributed by atoms with Crippen molar-refractivity contribution in [2.24, 2.45) is 0 Å². The Kier molecular flexibility index (Phi) is 1.59. The standard InChI is InChI=1S/C5H4N2O4/c8-3-1-2(4(9)10)6-5(11)7-3/h1H,(H,9,10)(H2,6,7,8,11)/i1+1,2+1,3+1,4+1,5+1. The first-order valence-corrected chi connectivity index (χ1v) is 2.66. The molecule has 0 amide bonds. The number of aromatic nitrogens is 2. The highest BCUT2D eigenvalue weighted by Gasteiger charge is 2.03. The van der Waals surface area contributed by atoms with Crippen molar-refractivity contribution in [3.05, 3.63) is 32.6 Å². The lowest BCUT2D eigenvalue weighted by Crippen LogP contribution is -2.24. The first-order chi connectivity index (χ1) is 5.09. The van der Waals surface area contributed by atoms with Gasteiger partial charge in [-0.1, -0.05) is 0 Å². The van der Waals surface area contributed by atoms with Crippen molar-refractivity contribution in [2.45, 2.75) is 0 Å². The van der Waals surface area contributed by atoms with Gasteiger partial charge in [0.05, 0.1) is 0 Å². The Morgan fingerprint density at radius 2 is 2.00 bits per heavy atom. The van der Waals surface area contributed by atoms with E-state index in [1.807, 2.05) is 9.97 Å². The van der Waals surface area contributed by atoms with Gasteiger partial charge in [0.15, 0.2) is 0 Å². The normalized spacial score (nSPS) is 9.45. The molecule has 0 bridgehead atoms. The van der Waals surface area contributed by atoms with Crippen molar-refractivity contribution in [1.29, 1.82) is 0 Å². The topological polar surface area (TPSA) is 103 Å². The van der Waals surface area contributed by atoms with Gasteiger partial charge in [-0.3, -0.25) is 9.78 Å². The lowest BCUT2D eigenvalue weighted by atomic mass is 11.3. The molecule has 0 unspecified atom stereocenters. The predicted octanol–water partition coefficient (Wildman–Crippen LogP) is -1.24. The fraction of sp³-hybridized carbons (Fsp3) is 0. The van der Waals surface area contributed by atoms with E-state index in [1.54, 1.807) is 0 Å². The summed E-state index contributed by atoms with van der Waals surface area (Å²) in [5.74, 6) is -1.34. The highest BCUT2D eigenvalue weighted by Crippen LogP contribution is 1.81. The zero-order chi connectivity index (χ0) is 8.43. The van der Waals surface area contributed by atoms with E-state index in [9.17, 15) is 14.4 Å². The summed E-state index contributed by atoms with van der Waals surface area (Å²) in [6.07, 6.45) is 0. The van der Waals surface area contributed by atoms with Gasteiger partial charge in [0.1, 0.15) is 5.69 Å². The molecule has 0 atom stereocenters. The van der Waals surface area contributed by atoms with Crippen LogP contribution in [0.25, 0.3) is 0 Å². The van der Waals surface area contributed by atoms with E-state index in [0.717, 1.165) is 6.07 Å². The Labute approximate surface area is 59.5 Å². The largest absolute Gasteiger partial charge is 0.477 e. The minimum Gasteiger partial charge on any atom is -0.477 e. The minimum atomic E-state index is -1.34. The number of aromatic amines is 2. The summed E-state index contributed by atoms with van der Waals surface area (Å²) in [7, 11) is 0. The Balaban J connectivity index is 3.42. The molecule has 0 aliphatic heterocycles. The molecule has 1 aromatic rings. The van der Waals surface area contributed by atoms with Crippen molar-refractivity contribution in [3.8, 4) is 0 Å². The summed E-state index contributed by atoms with van der Waals surface area (Å²) < 4.78 is 0. The van der Waals surface area contributed by atoms with Gasteiger partial charge in [-0.05, 0) is 0 Å². The Bertz CT molecular complexity index is 360. The average Bonchev–Trinajstić information content (AvgIpc) is 1.85. The summed E-state index contributed by atoms with van der Waals surface area (Å²) in [5.41, 5.74) is -1.97. The average molecular weight is 161 g/mol. The van der Waals surface area contributed by atoms with Gasteiger partial charge >= 0.3 is 11.7 Å². The van der Waals surface area contributed by atoms with Crippen LogP contribution in [0.1, 0.15) is 10.5 Å². The number of carbonyl (C=O) groups is 1. The van der Waals surface area contributed by atoms with Crippen LogP contribution in [0.3, 0.4) is 0 Å². The van der Waals surface area contributed by atoms with Crippen LogP contribution < -0.4 is 11.2 Å². The highest BCUT2D eigenvalue weighted by molar-refractivity contribution is 5.84. The summed E-state index contributed by atoms with van der Waals surface area (Å²) in [5, 5.41) is 8.31. The number of aromatic carboxylic acids is 1. The molecule has 0 radical (unpaired) electrons. The number of hydrogen-bond donors (Lipinski definition) is 3. The number of H-pyrrole nitrogens is 2. The van der Waals surface area contributed by atoms with E-state index in [-0.39, 0.29) is 0 Å². The quantitative estimate of drug-likeness (QED) is 0.448. The van der Waals surface area contributed by atoms with Crippen molar-refractivity contribution < 1.29 is 9.90 Å². The van der Waals surface area contributed by atoms with Gasteiger partial charge in [0.25, 0.3) is 5.56 Å². The van der Waals surface area contributed by atoms with E-state index in [0.29, 0.717) is 0 Å². The number of hydrogen-bond acceptors (Lipinski definition) is 3. The summed E-state index contributed by atoms with van der Waals surface area (Å²) in [6.45, 7) is 0. The van der Waals surface area contributed by atoms with Gasteiger partial charge < -0.3 is 10.1 Å².